The van der Waals surface area contributed by atoms with Crippen molar-refractivity contribution in [2.24, 2.45) is 5.92 Å². The number of nitrogens with one attached hydrogen (secondary N) is 1. The van der Waals surface area contributed by atoms with E-state index in [1.54, 1.807) is 11.3 Å². The Morgan fingerprint density at radius 2 is 2.10 bits per heavy atom. The third-order valence-electron chi connectivity index (χ3n) is 3.49. The van der Waals surface area contributed by atoms with Gasteiger partial charge in [-0.1, -0.05) is 36.7 Å². The summed E-state index contributed by atoms with van der Waals surface area (Å²) in [5.74, 6) is 0.526. The number of thiazole rings is 1. The fourth-order valence-electron chi connectivity index (χ4n) is 2.47. The third kappa shape index (κ3) is 5.42. The van der Waals surface area contributed by atoms with Gasteiger partial charge in [0.25, 0.3) is 0 Å². The first-order chi connectivity index (χ1) is 10.2. The lowest BCUT2D eigenvalue weighted by Gasteiger charge is -2.17. The summed E-state index contributed by atoms with van der Waals surface area (Å²) in [6.07, 6.45) is 3.16. The van der Waals surface area contributed by atoms with Gasteiger partial charge in [0.05, 0.1) is 10.7 Å². The van der Waals surface area contributed by atoms with E-state index in [9.17, 15) is 0 Å². The molecular weight excluding hydrogens is 300 g/mol. The first kappa shape index (κ1) is 16.5. The first-order valence-electron chi connectivity index (χ1n) is 7.54. The van der Waals surface area contributed by atoms with Crippen molar-refractivity contribution < 1.29 is 0 Å². The number of aryl methyl sites for hydroxylation is 1. The van der Waals surface area contributed by atoms with Gasteiger partial charge in [-0.3, -0.25) is 0 Å². The van der Waals surface area contributed by atoms with Crippen LogP contribution in [0.3, 0.4) is 0 Å². The van der Waals surface area contributed by atoms with Gasteiger partial charge >= 0.3 is 0 Å². The van der Waals surface area contributed by atoms with E-state index in [0.717, 1.165) is 42.4 Å². The normalized spacial score (nSPS) is 12.5. The Morgan fingerprint density at radius 1 is 1.29 bits per heavy atom. The molecule has 4 heteroatoms. The molecule has 0 aliphatic carbocycles. The minimum absolute atomic E-state index is 0.526. The van der Waals surface area contributed by atoms with E-state index in [2.05, 4.69) is 41.7 Å². The van der Waals surface area contributed by atoms with Gasteiger partial charge in [0.2, 0.25) is 0 Å². The summed E-state index contributed by atoms with van der Waals surface area (Å²) in [6.45, 7) is 6.33. The van der Waals surface area contributed by atoms with Gasteiger partial charge < -0.3 is 5.32 Å². The highest BCUT2D eigenvalue weighted by Gasteiger charge is 2.14. The van der Waals surface area contributed by atoms with E-state index >= 15 is 0 Å². The number of aromatic nitrogens is 1. The van der Waals surface area contributed by atoms with Crippen LogP contribution in [-0.4, -0.2) is 18.1 Å². The van der Waals surface area contributed by atoms with Crippen LogP contribution in [0.25, 0.3) is 0 Å². The van der Waals surface area contributed by atoms with Crippen LogP contribution in [0.4, 0.5) is 0 Å². The second kappa shape index (κ2) is 8.52. The second-order valence-corrected chi connectivity index (χ2v) is 6.90. The minimum Gasteiger partial charge on any atom is -0.316 e. The van der Waals surface area contributed by atoms with Crippen LogP contribution in [-0.2, 0) is 12.8 Å². The van der Waals surface area contributed by atoms with Gasteiger partial charge in [-0.25, -0.2) is 4.98 Å². The Bertz CT molecular complexity index is 553. The van der Waals surface area contributed by atoms with Crippen LogP contribution in [0.1, 0.15) is 29.6 Å². The smallest absolute Gasteiger partial charge is 0.0897 e. The van der Waals surface area contributed by atoms with Crippen LogP contribution in [0.2, 0.25) is 5.02 Å². The van der Waals surface area contributed by atoms with Crippen molar-refractivity contribution in [3.8, 4) is 0 Å². The SMILES string of the molecule is CCCNCC(Cc1csc(C)n1)Cc1ccccc1Cl. The van der Waals surface area contributed by atoms with Crippen molar-refractivity contribution in [1.29, 1.82) is 0 Å². The molecule has 0 saturated heterocycles. The monoisotopic (exact) mass is 322 g/mol. The highest BCUT2D eigenvalue weighted by molar-refractivity contribution is 7.09. The van der Waals surface area contributed by atoms with E-state index in [-0.39, 0.29) is 0 Å². The van der Waals surface area contributed by atoms with Crippen LogP contribution in [0.5, 0.6) is 0 Å². The number of hydrogen-bond donors (Lipinski definition) is 1. The zero-order valence-electron chi connectivity index (χ0n) is 12.7. The second-order valence-electron chi connectivity index (χ2n) is 5.43. The lowest BCUT2D eigenvalue weighted by atomic mass is 9.95. The summed E-state index contributed by atoms with van der Waals surface area (Å²) in [6, 6.07) is 8.15. The molecule has 0 spiro atoms. The molecule has 1 unspecified atom stereocenters. The molecule has 1 N–H and O–H groups in total. The molecule has 2 rings (SSSR count). The molecule has 0 radical (unpaired) electrons. The molecule has 1 aromatic heterocycles. The van der Waals surface area contributed by atoms with E-state index in [4.69, 9.17) is 11.6 Å². The Kier molecular flexibility index (Phi) is 6.68. The summed E-state index contributed by atoms with van der Waals surface area (Å²) in [5, 5.41) is 7.72. The van der Waals surface area contributed by atoms with E-state index in [1.165, 1.54) is 11.3 Å². The third-order valence-corrected chi connectivity index (χ3v) is 4.68. The Balaban J connectivity index is 2.02. The van der Waals surface area contributed by atoms with Gasteiger partial charge in [-0.2, -0.15) is 0 Å². The maximum absolute atomic E-state index is 6.30. The number of rotatable bonds is 8. The molecule has 1 atom stereocenters. The molecule has 0 aliphatic heterocycles. The van der Waals surface area contributed by atoms with Gasteiger partial charge in [0.15, 0.2) is 0 Å². The van der Waals surface area contributed by atoms with Crippen LogP contribution in [0, 0.1) is 12.8 Å². The summed E-state index contributed by atoms with van der Waals surface area (Å²) in [4.78, 5) is 4.60. The molecule has 0 fully saturated rings. The van der Waals surface area contributed by atoms with Gasteiger partial charge in [-0.05, 0) is 56.8 Å². The van der Waals surface area contributed by atoms with E-state index in [0.29, 0.717) is 5.92 Å². The van der Waals surface area contributed by atoms with Crippen molar-refractivity contribution in [1.82, 2.24) is 10.3 Å². The molecule has 0 bridgehead atoms. The van der Waals surface area contributed by atoms with Crippen molar-refractivity contribution in [3.05, 3.63) is 50.9 Å². The Hall–Kier alpha value is -0.900. The summed E-state index contributed by atoms with van der Waals surface area (Å²) in [7, 11) is 0. The maximum atomic E-state index is 6.30. The first-order valence-corrected chi connectivity index (χ1v) is 8.80. The van der Waals surface area contributed by atoms with Crippen molar-refractivity contribution >= 4 is 22.9 Å². The average molecular weight is 323 g/mol. The largest absolute Gasteiger partial charge is 0.316 e. The zero-order chi connectivity index (χ0) is 15.1. The van der Waals surface area contributed by atoms with Crippen LogP contribution >= 0.6 is 22.9 Å². The molecule has 114 valence electrons. The zero-order valence-corrected chi connectivity index (χ0v) is 14.3. The number of nitrogens with zero attached hydrogens (tertiary/aromatic N) is 1. The molecule has 21 heavy (non-hydrogen) atoms. The molecular formula is C17H23ClN2S. The fourth-order valence-corrected chi connectivity index (χ4v) is 3.31. The molecule has 1 heterocycles. The molecule has 0 amide bonds. The standard InChI is InChI=1S/C17H23ClN2S/c1-3-8-19-11-14(10-16-12-21-13(2)20-16)9-15-6-4-5-7-17(15)18/h4-7,12,14,19H,3,8-11H2,1-2H3. The highest BCUT2D eigenvalue weighted by atomic mass is 35.5. The van der Waals surface area contributed by atoms with Gasteiger partial charge in [0, 0.05) is 10.4 Å². The summed E-state index contributed by atoms with van der Waals surface area (Å²) in [5.41, 5.74) is 2.43. The molecule has 2 aromatic rings. The van der Waals surface area contributed by atoms with E-state index < -0.39 is 0 Å². The van der Waals surface area contributed by atoms with Gasteiger partial charge in [0.1, 0.15) is 0 Å². The lowest BCUT2D eigenvalue weighted by Crippen LogP contribution is -2.26. The van der Waals surface area contributed by atoms with E-state index in [1.807, 2.05) is 12.1 Å². The fraction of sp³-hybridized carbons (Fsp3) is 0.471. The van der Waals surface area contributed by atoms with Gasteiger partial charge in [-0.15, -0.1) is 11.3 Å². The lowest BCUT2D eigenvalue weighted by molar-refractivity contribution is 0.467. The molecule has 0 aliphatic rings. The summed E-state index contributed by atoms with van der Waals surface area (Å²) < 4.78 is 0. The molecule has 0 saturated carbocycles. The highest BCUT2D eigenvalue weighted by Crippen LogP contribution is 2.21. The molecule has 2 nitrogen and oxygen atoms in total. The van der Waals surface area contributed by atoms with Crippen LogP contribution < -0.4 is 5.32 Å². The number of halogens is 1. The molecule has 1 aromatic carbocycles. The maximum Gasteiger partial charge on any atom is 0.0897 e. The predicted molar refractivity (Wildman–Crippen MR) is 92.4 cm³/mol. The Morgan fingerprint density at radius 3 is 2.76 bits per heavy atom. The minimum atomic E-state index is 0.526. The Labute approximate surface area is 136 Å². The predicted octanol–water partition coefficient (Wildman–Crippen LogP) is 4.51. The van der Waals surface area contributed by atoms with Crippen LogP contribution in [0.15, 0.2) is 29.6 Å². The topological polar surface area (TPSA) is 24.9 Å². The summed E-state index contributed by atoms with van der Waals surface area (Å²) >= 11 is 8.03. The van der Waals surface area contributed by atoms with Crippen molar-refractivity contribution in [2.75, 3.05) is 13.1 Å². The van der Waals surface area contributed by atoms with Crippen molar-refractivity contribution in [2.45, 2.75) is 33.1 Å². The van der Waals surface area contributed by atoms with Crippen molar-refractivity contribution in [3.63, 3.8) is 0 Å². The number of benzene rings is 1. The quantitative estimate of drug-likeness (QED) is 0.723. The number of hydrogen-bond acceptors (Lipinski definition) is 3. The average Bonchev–Trinajstić information content (AvgIpc) is 2.87.